The summed E-state index contributed by atoms with van der Waals surface area (Å²) in [5, 5.41) is 4.15. The van der Waals surface area contributed by atoms with E-state index in [1.165, 1.54) is 11.1 Å². The van der Waals surface area contributed by atoms with Gasteiger partial charge in [0, 0.05) is 6.54 Å². The van der Waals surface area contributed by atoms with E-state index in [9.17, 15) is 8.42 Å². The van der Waals surface area contributed by atoms with E-state index in [1.54, 1.807) is 15.3 Å². The zero-order chi connectivity index (χ0) is 16.4. The monoisotopic (exact) mass is 339 g/mol. The number of hydrogen-bond donors (Lipinski definition) is 1. The molecule has 0 aliphatic carbocycles. The summed E-state index contributed by atoms with van der Waals surface area (Å²) in [5.74, 6) is 0.941. The van der Waals surface area contributed by atoms with Crippen molar-refractivity contribution in [1.82, 2.24) is 14.1 Å². The summed E-state index contributed by atoms with van der Waals surface area (Å²) >= 11 is 0. The van der Waals surface area contributed by atoms with Crippen LogP contribution in [0.15, 0.2) is 33.9 Å². The highest BCUT2D eigenvalue weighted by Crippen LogP contribution is 2.19. The summed E-state index contributed by atoms with van der Waals surface area (Å²) in [4.78, 5) is 1.67. The van der Waals surface area contributed by atoms with E-state index in [0.29, 0.717) is 30.2 Å². The highest BCUT2D eigenvalue weighted by molar-refractivity contribution is 7.89. The molecule has 0 aromatic carbocycles. The predicted octanol–water partition coefficient (Wildman–Crippen LogP) is -0.106. The van der Waals surface area contributed by atoms with Crippen LogP contribution in [0.3, 0.4) is 0 Å². The summed E-state index contributed by atoms with van der Waals surface area (Å²) in [6.45, 7) is 7.83. The Morgan fingerprint density at radius 3 is 2.65 bits per heavy atom. The number of quaternary nitrogens is 1. The minimum atomic E-state index is -3.45. The normalized spacial score (nSPS) is 17.7. The first-order valence-electron chi connectivity index (χ1n) is 7.91. The van der Waals surface area contributed by atoms with Crippen molar-refractivity contribution in [2.45, 2.75) is 31.8 Å². The van der Waals surface area contributed by atoms with Crippen LogP contribution in [0.4, 0.5) is 0 Å². The fourth-order valence-electron chi connectivity index (χ4n) is 3.02. The lowest BCUT2D eigenvalue weighted by molar-refractivity contribution is -0.918. The highest BCUT2D eigenvalue weighted by atomic mass is 32.2. The molecule has 0 spiro atoms. The number of nitrogens with zero attached hydrogens (tertiary/aromatic N) is 3. The molecule has 1 saturated heterocycles. The SMILES string of the molecule is CCn1ncc(S(=O)(=O)N2CC[NH+](Cc3ccco3)CC2)c1C. The Balaban J connectivity index is 1.67. The van der Waals surface area contributed by atoms with Crippen LogP contribution in [0.1, 0.15) is 18.4 Å². The summed E-state index contributed by atoms with van der Waals surface area (Å²) in [6, 6.07) is 3.84. The third-order valence-corrected chi connectivity index (χ3v) is 6.41. The zero-order valence-corrected chi connectivity index (χ0v) is 14.3. The van der Waals surface area contributed by atoms with Gasteiger partial charge in [-0.2, -0.15) is 9.40 Å². The van der Waals surface area contributed by atoms with Crippen LogP contribution in [0.2, 0.25) is 0 Å². The number of piperazine rings is 1. The molecule has 126 valence electrons. The Morgan fingerprint density at radius 1 is 1.35 bits per heavy atom. The van der Waals surface area contributed by atoms with Gasteiger partial charge in [-0.15, -0.1) is 0 Å². The maximum Gasteiger partial charge on any atom is 0.246 e. The molecule has 0 unspecified atom stereocenters. The molecular formula is C15H23N4O3S+. The third kappa shape index (κ3) is 3.19. The van der Waals surface area contributed by atoms with E-state index in [-0.39, 0.29) is 0 Å². The van der Waals surface area contributed by atoms with Gasteiger partial charge in [0.1, 0.15) is 11.4 Å². The molecular weight excluding hydrogens is 316 g/mol. The van der Waals surface area contributed by atoms with E-state index in [1.807, 2.05) is 26.0 Å². The molecule has 7 nitrogen and oxygen atoms in total. The van der Waals surface area contributed by atoms with Gasteiger partial charge in [0.15, 0.2) is 5.76 Å². The third-order valence-electron chi connectivity index (χ3n) is 4.41. The number of hydrogen-bond acceptors (Lipinski definition) is 4. The standard InChI is InChI=1S/C15H22N4O3S/c1-3-19-13(2)15(11-16-19)23(20,21)18-8-6-17(7-9-18)12-14-5-4-10-22-14/h4-5,10-11H,3,6-9,12H2,1-2H3/p+1. The average Bonchev–Trinajstić information content (AvgIpc) is 3.17. The molecule has 2 aromatic rings. The van der Waals surface area contributed by atoms with Crippen LogP contribution >= 0.6 is 0 Å². The first-order valence-corrected chi connectivity index (χ1v) is 9.35. The Hall–Kier alpha value is -1.64. The summed E-state index contributed by atoms with van der Waals surface area (Å²) in [7, 11) is -3.45. The van der Waals surface area contributed by atoms with Gasteiger partial charge >= 0.3 is 0 Å². The van der Waals surface area contributed by atoms with Gasteiger partial charge in [-0.1, -0.05) is 0 Å². The molecule has 0 saturated carbocycles. The fraction of sp³-hybridized carbons (Fsp3) is 0.533. The molecule has 0 bridgehead atoms. The number of aryl methyl sites for hydroxylation is 1. The molecule has 1 N–H and O–H groups in total. The number of nitrogens with one attached hydrogen (secondary N) is 1. The van der Waals surface area contributed by atoms with E-state index in [4.69, 9.17) is 4.42 Å². The molecule has 1 fully saturated rings. The lowest BCUT2D eigenvalue weighted by Crippen LogP contribution is -3.13. The van der Waals surface area contributed by atoms with Gasteiger partial charge in [-0.05, 0) is 26.0 Å². The fourth-order valence-corrected chi connectivity index (χ4v) is 4.62. The van der Waals surface area contributed by atoms with E-state index in [0.717, 1.165) is 25.4 Å². The van der Waals surface area contributed by atoms with Crippen LogP contribution in [0.25, 0.3) is 0 Å². The largest absolute Gasteiger partial charge is 0.463 e. The van der Waals surface area contributed by atoms with Crippen LogP contribution < -0.4 is 4.90 Å². The van der Waals surface area contributed by atoms with Crippen LogP contribution in [0.5, 0.6) is 0 Å². The number of sulfonamides is 1. The first-order chi connectivity index (χ1) is 11.0. The molecule has 1 aliphatic heterocycles. The Bertz CT molecular complexity index is 744. The van der Waals surface area contributed by atoms with E-state index < -0.39 is 10.0 Å². The Labute approximate surface area is 136 Å². The second-order valence-corrected chi connectivity index (χ2v) is 7.73. The Morgan fingerprint density at radius 2 is 2.09 bits per heavy atom. The van der Waals surface area contributed by atoms with E-state index >= 15 is 0 Å². The van der Waals surface area contributed by atoms with Crippen molar-refractivity contribution < 1.29 is 17.7 Å². The highest BCUT2D eigenvalue weighted by Gasteiger charge is 2.32. The Kier molecular flexibility index (Phi) is 4.56. The van der Waals surface area contributed by atoms with E-state index in [2.05, 4.69) is 5.10 Å². The second kappa shape index (κ2) is 6.46. The van der Waals surface area contributed by atoms with Gasteiger partial charge < -0.3 is 9.32 Å². The number of furan rings is 1. The number of aromatic nitrogens is 2. The van der Waals surface area contributed by atoms with Crippen molar-refractivity contribution in [3.05, 3.63) is 36.0 Å². The lowest BCUT2D eigenvalue weighted by Gasteiger charge is -2.30. The van der Waals surface area contributed by atoms with Gasteiger partial charge in [0.2, 0.25) is 10.0 Å². The molecule has 0 amide bonds. The average molecular weight is 339 g/mol. The second-order valence-electron chi connectivity index (χ2n) is 5.82. The molecule has 1 aliphatic rings. The smallest absolute Gasteiger partial charge is 0.246 e. The molecule has 3 rings (SSSR count). The summed E-state index contributed by atoms with van der Waals surface area (Å²) < 4.78 is 34.3. The maximum atomic E-state index is 12.8. The van der Waals surface area contributed by atoms with Crippen molar-refractivity contribution in [2.75, 3.05) is 26.2 Å². The predicted molar refractivity (Wildman–Crippen MR) is 84.5 cm³/mol. The molecule has 3 heterocycles. The van der Waals surface area contributed by atoms with Crippen molar-refractivity contribution in [3.63, 3.8) is 0 Å². The minimum Gasteiger partial charge on any atom is -0.463 e. The van der Waals surface area contributed by atoms with Gasteiger partial charge in [0.05, 0.1) is 44.3 Å². The maximum absolute atomic E-state index is 12.8. The van der Waals surface area contributed by atoms with Crippen LogP contribution in [-0.4, -0.2) is 48.7 Å². The molecule has 2 aromatic heterocycles. The lowest BCUT2D eigenvalue weighted by atomic mass is 10.3. The van der Waals surface area contributed by atoms with Crippen molar-refractivity contribution in [2.24, 2.45) is 0 Å². The van der Waals surface area contributed by atoms with Crippen molar-refractivity contribution >= 4 is 10.0 Å². The van der Waals surface area contributed by atoms with Gasteiger partial charge in [0.25, 0.3) is 0 Å². The first kappa shape index (κ1) is 16.2. The quantitative estimate of drug-likeness (QED) is 0.825. The molecule has 8 heteroatoms. The zero-order valence-electron chi connectivity index (χ0n) is 13.5. The van der Waals surface area contributed by atoms with Gasteiger partial charge in [-0.3, -0.25) is 4.68 Å². The minimum absolute atomic E-state index is 0.328. The molecule has 0 atom stereocenters. The summed E-state index contributed by atoms with van der Waals surface area (Å²) in [6.07, 6.45) is 3.14. The van der Waals surface area contributed by atoms with Crippen molar-refractivity contribution in [3.8, 4) is 0 Å². The van der Waals surface area contributed by atoms with Crippen LogP contribution in [-0.2, 0) is 23.1 Å². The van der Waals surface area contributed by atoms with Crippen molar-refractivity contribution in [1.29, 1.82) is 0 Å². The molecule has 0 radical (unpaired) electrons. The molecule has 23 heavy (non-hydrogen) atoms. The van der Waals surface area contributed by atoms with Gasteiger partial charge in [-0.25, -0.2) is 8.42 Å². The van der Waals surface area contributed by atoms with Crippen LogP contribution in [0, 0.1) is 6.92 Å². The topological polar surface area (TPSA) is 72.8 Å². The summed E-state index contributed by atoms with van der Waals surface area (Å²) in [5.41, 5.74) is 0.706. The number of rotatable bonds is 5.